The number of nitrogens with one attached hydrogen (secondary N) is 1. The van der Waals surface area contributed by atoms with Crippen LogP contribution in [-0.2, 0) is 25.9 Å². The maximum atomic E-state index is 13.0. The largest absolute Gasteiger partial charge is 0.386 e. The highest BCUT2D eigenvalue weighted by atomic mass is 32.2. The Labute approximate surface area is 131 Å². The monoisotopic (exact) mass is 349 g/mol. The number of rotatable bonds is 6. The molecule has 0 bridgehead atoms. The number of aliphatic hydroxyl groups is 1. The number of hydrogen-bond acceptors (Lipinski definition) is 5. The molecule has 0 saturated heterocycles. The van der Waals surface area contributed by atoms with Crippen molar-refractivity contribution in [2.75, 3.05) is 12.9 Å². The lowest BCUT2D eigenvalue weighted by Crippen LogP contribution is -2.43. The van der Waals surface area contributed by atoms with Crippen LogP contribution in [0.15, 0.2) is 29.2 Å². The van der Waals surface area contributed by atoms with Gasteiger partial charge >= 0.3 is 0 Å². The van der Waals surface area contributed by atoms with E-state index in [0.717, 1.165) is 6.26 Å². The fraction of sp³-hybridized carbons (Fsp3) is 0.385. The van der Waals surface area contributed by atoms with Gasteiger partial charge in [-0.05, 0) is 24.6 Å². The molecule has 6 nitrogen and oxygen atoms in total. The zero-order chi connectivity index (χ0) is 16.9. The van der Waals surface area contributed by atoms with Crippen LogP contribution < -0.4 is 5.32 Å². The van der Waals surface area contributed by atoms with Crippen LogP contribution in [0.2, 0.25) is 0 Å². The molecule has 2 N–H and O–H groups in total. The molecule has 0 aliphatic rings. The molecule has 0 unspecified atom stereocenters. The molecule has 22 heavy (non-hydrogen) atoms. The molecule has 122 valence electrons. The highest BCUT2D eigenvalue weighted by Crippen LogP contribution is 2.20. The third-order valence-corrected chi connectivity index (χ3v) is 4.52. The molecule has 1 rings (SSSR count). The van der Waals surface area contributed by atoms with Gasteiger partial charge in [-0.2, -0.15) is 0 Å². The number of sulfone groups is 1. The quantitative estimate of drug-likeness (QED) is 0.703. The Kier molecular flexibility index (Phi) is 6.39. The highest BCUT2D eigenvalue weighted by molar-refractivity contribution is 7.90. The molecule has 0 radical (unpaired) electrons. The topological polar surface area (TPSA) is 101 Å². The third kappa shape index (κ3) is 4.72. The highest BCUT2D eigenvalue weighted by Gasteiger charge is 2.24. The summed E-state index contributed by atoms with van der Waals surface area (Å²) in [7, 11) is -3.37. The van der Waals surface area contributed by atoms with Crippen LogP contribution in [0.4, 0.5) is 4.39 Å². The number of alkyl halides is 1. The predicted octanol–water partition coefficient (Wildman–Crippen LogP) is -0.0169. The molecular formula is C13H16FNO5S2. The van der Waals surface area contributed by atoms with Crippen LogP contribution in [0.25, 0.3) is 0 Å². The standard InChI is InChI=1S/C13H16FNO5S2/c1-8(21-18)13(17)15-11(7-14)12(16)9-3-5-10(6-4-9)22(2,19)20/h3-6,11-12,16H,7H2,1-2H3,(H,15,17)/t11-,12-/m1/s1. The molecule has 2 atom stereocenters. The summed E-state index contributed by atoms with van der Waals surface area (Å²) in [5, 5.41) is 12.3. The van der Waals surface area contributed by atoms with Crippen molar-refractivity contribution < 1.29 is 26.9 Å². The summed E-state index contributed by atoms with van der Waals surface area (Å²) in [6, 6.07) is 4.02. The molecule has 9 heteroatoms. The molecule has 1 amide bonds. The number of carbonyl (C=O) groups excluding carboxylic acids is 1. The van der Waals surface area contributed by atoms with Gasteiger partial charge in [0.25, 0.3) is 5.91 Å². The van der Waals surface area contributed by atoms with Crippen LogP contribution in [0.3, 0.4) is 0 Å². The molecule has 0 aliphatic carbocycles. The Balaban J connectivity index is 2.95. The lowest BCUT2D eigenvalue weighted by Gasteiger charge is -2.21. The van der Waals surface area contributed by atoms with Gasteiger partial charge in [-0.25, -0.2) is 17.0 Å². The lowest BCUT2D eigenvalue weighted by atomic mass is 10.0. The minimum Gasteiger partial charge on any atom is -0.386 e. The Morgan fingerprint density at radius 3 is 2.32 bits per heavy atom. The lowest BCUT2D eigenvalue weighted by molar-refractivity contribution is -0.116. The SMILES string of the molecule is CC(=S=O)C(=O)N[C@H](CF)[C@H](O)c1ccc(S(C)(=O)=O)cc1. The van der Waals surface area contributed by atoms with E-state index < -0.39 is 34.6 Å². The van der Waals surface area contributed by atoms with E-state index in [9.17, 15) is 26.9 Å². The van der Waals surface area contributed by atoms with E-state index in [0.29, 0.717) is 0 Å². The average Bonchev–Trinajstić information content (AvgIpc) is 2.50. The maximum absolute atomic E-state index is 13.0. The molecule has 0 heterocycles. The van der Waals surface area contributed by atoms with E-state index in [4.69, 9.17) is 0 Å². The van der Waals surface area contributed by atoms with Crippen LogP contribution in [-0.4, -0.2) is 47.5 Å². The van der Waals surface area contributed by atoms with Crippen molar-refractivity contribution in [1.82, 2.24) is 5.32 Å². The van der Waals surface area contributed by atoms with Crippen LogP contribution in [0, 0.1) is 0 Å². The molecule has 0 fully saturated rings. The summed E-state index contributed by atoms with van der Waals surface area (Å²) >= 11 is -0.0186. The van der Waals surface area contributed by atoms with Gasteiger partial charge < -0.3 is 10.4 Å². The van der Waals surface area contributed by atoms with Crippen molar-refractivity contribution in [3.63, 3.8) is 0 Å². The fourth-order valence-electron chi connectivity index (χ4n) is 1.65. The van der Waals surface area contributed by atoms with E-state index in [1.807, 2.05) is 0 Å². The van der Waals surface area contributed by atoms with E-state index in [-0.39, 0.29) is 26.6 Å². The van der Waals surface area contributed by atoms with E-state index >= 15 is 0 Å². The van der Waals surface area contributed by atoms with Crippen molar-refractivity contribution in [3.8, 4) is 0 Å². The van der Waals surface area contributed by atoms with Gasteiger partial charge in [0, 0.05) is 6.26 Å². The molecule has 0 saturated carbocycles. The number of aliphatic hydroxyl groups excluding tert-OH is 1. The minimum absolute atomic E-state index is 0.0186. The minimum atomic E-state index is -3.37. The average molecular weight is 349 g/mol. The predicted molar refractivity (Wildman–Crippen MR) is 81.2 cm³/mol. The molecule has 1 aromatic carbocycles. The zero-order valence-electron chi connectivity index (χ0n) is 11.9. The first kappa shape index (κ1) is 18.5. The van der Waals surface area contributed by atoms with Gasteiger partial charge in [-0.15, -0.1) is 0 Å². The Morgan fingerprint density at radius 1 is 1.36 bits per heavy atom. The second kappa shape index (κ2) is 7.61. The summed E-state index contributed by atoms with van der Waals surface area (Å²) in [6.45, 7) is 0.243. The summed E-state index contributed by atoms with van der Waals surface area (Å²) in [5.41, 5.74) is 0.253. The van der Waals surface area contributed by atoms with Gasteiger partial charge in [-0.1, -0.05) is 12.1 Å². The van der Waals surface area contributed by atoms with Crippen molar-refractivity contribution >= 4 is 31.9 Å². The van der Waals surface area contributed by atoms with E-state index in [1.54, 1.807) is 0 Å². The van der Waals surface area contributed by atoms with Crippen molar-refractivity contribution in [2.45, 2.75) is 24.0 Å². The maximum Gasteiger partial charge on any atom is 0.260 e. The number of hydrogen-bond donors (Lipinski definition) is 2. The molecule has 1 aromatic rings. The molecule has 0 aromatic heterocycles. The van der Waals surface area contributed by atoms with Crippen LogP contribution in [0.1, 0.15) is 18.6 Å². The normalized spacial score (nSPS) is 14.0. The van der Waals surface area contributed by atoms with E-state index in [2.05, 4.69) is 5.32 Å². The second-order valence-corrected chi connectivity index (χ2v) is 7.45. The van der Waals surface area contributed by atoms with Crippen LogP contribution >= 0.6 is 0 Å². The summed E-state index contributed by atoms with van der Waals surface area (Å²) in [4.78, 5) is 11.5. The number of benzene rings is 1. The van der Waals surface area contributed by atoms with Gasteiger partial charge in [0.1, 0.15) is 17.6 Å². The first-order valence-electron chi connectivity index (χ1n) is 6.19. The van der Waals surface area contributed by atoms with Crippen LogP contribution in [0.5, 0.6) is 0 Å². The van der Waals surface area contributed by atoms with Gasteiger partial charge in [0.05, 0.1) is 22.2 Å². The second-order valence-electron chi connectivity index (χ2n) is 4.66. The third-order valence-electron chi connectivity index (χ3n) is 2.96. The summed E-state index contributed by atoms with van der Waals surface area (Å²) in [5.74, 6) is -0.755. The van der Waals surface area contributed by atoms with Crippen molar-refractivity contribution in [1.29, 1.82) is 0 Å². The van der Waals surface area contributed by atoms with E-state index in [1.165, 1.54) is 31.2 Å². The fourth-order valence-corrected chi connectivity index (χ4v) is 2.42. The zero-order valence-corrected chi connectivity index (χ0v) is 13.6. The smallest absolute Gasteiger partial charge is 0.260 e. The molecule has 0 aliphatic heterocycles. The number of halogens is 1. The van der Waals surface area contributed by atoms with Gasteiger partial charge in [0.15, 0.2) is 9.84 Å². The van der Waals surface area contributed by atoms with Crippen molar-refractivity contribution in [2.24, 2.45) is 0 Å². The van der Waals surface area contributed by atoms with Gasteiger partial charge in [-0.3, -0.25) is 4.79 Å². The number of amides is 1. The summed E-state index contributed by atoms with van der Waals surface area (Å²) < 4.78 is 46.2. The first-order chi connectivity index (χ1) is 10.2. The van der Waals surface area contributed by atoms with Gasteiger partial charge in [0.2, 0.25) is 0 Å². The Hall–Kier alpha value is -1.58. The molecule has 0 spiro atoms. The number of carbonyl (C=O) groups is 1. The summed E-state index contributed by atoms with van der Waals surface area (Å²) in [6.07, 6.45) is -0.325. The molecular weight excluding hydrogens is 333 g/mol. The first-order valence-corrected chi connectivity index (χ1v) is 8.82. The van der Waals surface area contributed by atoms with Crippen molar-refractivity contribution in [3.05, 3.63) is 29.8 Å². The Morgan fingerprint density at radius 2 is 1.91 bits per heavy atom. The Bertz CT molecular complexity index is 696.